The van der Waals surface area contributed by atoms with Crippen molar-refractivity contribution in [3.8, 4) is 0 Å². The number of carbonyl (C=O) groups is 1. The summed E-state index contributed by atoms with van der Waals surface area (Å²) < 4.78 is 10.9. The van der Waals surface area contributed by atoms with Crippen LogP contribution in [0.4, 0.5) is 5.69 Å². The van der Waals surface area contributed by atoms with Crippen LogP contribution in [0, 0.1) is 0 Å². The minimum atomic E-state index is -0.358. The first-order chi connectivity index (χ1) is 9.84. The molecule has 0 amide bonds. The number of hydrogen-bond acceptors (Lipinski definition) is 5. The maximum absolute atomic E-state index is 12.4. The molecule has 0 aliphatic carbocycles. The topological polar surface area (TPSA) is 50.8 Å². The highest BCUT2D eigenvalue weighted by atomic mass is 16.5. The molecule has 2 aliphatic rings. The number of morpholine rings is 2. The van der Waals surface area contributed by atoms with Gasteiger partial charge in [0.05, 0.1) is 19.8 Å². The van der Waals surface area contributed by atoms with Crippen molar-refractivity contribution < 1.29 is 14.3 Å². The van der Waals surface area contributed by atoms with Gasteiger partial charge in [0.15, 0.2) is 5.78 Å². The Bertz CT molecular complexity index is 466. The summed E-state index contributed by atoms with van der Waals surface area (Å²) in [5, 5.41) is 3.19. The number of rotatable bonds is 3. The van der Waals surface area contributed by atoms with Crippen LogP contribution in [0.15, 0.2) is 24.3 Å². The molecule has 1 N–H and O–H groups in total. The van der Waals surface area contributed by atoms with Crippen LogP contribution in [0.5, 0.6) is 0 Å². The molecule has 0 bridgehead atoms. The predicted molar refractivity (Wildman–Crippen MR) is 76.4 cm³/mol. The van der Waals surface area contributed by atoms with Gasteiger partial charge in [0.1, 0.15) is 6.10 Å². The van der Waals surface area contributed by atoms with Gasteiger partial charge in [-0.05, 0) is 12.1 Å². The lowest BCUT2D eigenvalue weighted by Gasteiger charge is -2.29. The van der Waals surface area contributed by atoms with Gasteiger partial charge in [0, 0.05) is 37.4 Å². The second-order valence-electron chi connectivity index (χ2n) is 5.08. The van der Waals surface area contributed by atoms with Gasteiger partial charge in [-0.25, -0.2) is 0 Å². The Hall–Kier alpha value is -1.43. The van der Waals surface area contributed by atoms with Gasteiger partial charge < -0.3 is 19.7 Å². The first kappa shape index (κ1) is 13.5. The van der Waals surface area contributed by atoms with Crippen LogP contribution in [0.2, 0.25) is 0 Å². The maximum atomic E-state index is 12.4. The Labute approximate surface area is 118 Å². The summed E-state index contributed by atoms with van der Waals surface area (Å²) in [6.45, 7) is 5.25. The number of nitrogens with one attached hydrogen (secondary N) is 1. The van der Waals surface area contributed by atoms with Crippen LogP contribution in [-0.4, -0.2) is 57.9 Å². The summed E-state index contributed by atoms with van der Waals surface area (Å²) in [4.78, 5) is 14.7. The molecule has 0 spiro atoms. The summed E-state index contributed by atoms with van der Waals surface area (Å²) in [6, 6.07) is 7.81. The van der Waals surface area contributed by atoms with Gasteiger partial charge in [0.25, 0.3) is 0 Å². The average molecular weight is 276 g/mol. The summed E-state index contributed by atoms with van der Waals surface area (Å²) >= 11 is 0. The predicted octanol–water partition coefficient (Wildman–Crippen LogP) is 0.694. The molecule has 2 aliphatic heterocycles. The average Bonchev–Trinajstić information content (AvgIpc) is 2.56. The minimum absolute atomic E-state index is 0.0623. The van der Waals surface area contributed by atoms with Gasteiger partial charge in [-0.15, -0.1) is 0 Å². The Morgan fingerprint density at radius 1 is 1.25 bits per heavy atom. The molecule has 2 heterocycles. The lowest BCUT2D eigenvalue weighted by atomic mass is 10.0. The number of nitrogens with zero attached hydrogens (tertiary/aromatic N) is 1. The van der Waals surface area contributed by atoms with Crippen molar-refractivity contribution in [3.05, 3.63) is 29.8 Å². The van der Waals surface area contributed by atoms with Crippen molar-refractivity contribution in [3.63, 3.8) is 0 Å². The van der Waals surface area contributed by atoms with Gasteiger partial charge >= 0.3 is 0 Å². The van der Waals surface area contributed by atoms with Crippen LogP contribution < -0.4 is 10.2 Å². The Balaban J connectivity index is 1.74. The van der Waals surface area contributed by atoms with Gasteiger partial charge in [0.2, 0.25) is 0 Å². The largest absolute Gasteiger partial charge is 0.378 e. The molecule has 0 aromatic heterocycles. The third kappa shape index (κ3) is 3.00. The quantitative estimate of drug-likeness (QED) is 0.823. The number of ketones is 1. The molecule has 2 fully saturated rings. The summed E-state index contributed by atoms with van der Waals surface area (Å²) in [7, 11) is 0. The summed E-state index contributed by atoms with van der Waals surface area (Å²) in [5.74, 6) is 0.0623. The van der Waals surface area contributed by atoms with Crippen molar-refractivity contribution in [2.75, 3.05) is 50.9 Å². The van der Waals surface area contributed by atoms with E-state index in [9.17, 15) is 4.79 Å². The number of benzene rings is 1. The molecule has 3 rings (SSSR count). The van der Waals surface area contributed by atoms with Crippen LogP contribution >= 0.6 is 0 Å². The molecule has 1 atom stereocenters. The van der Waals surface area contributed by atoms with Crippen molar-refractivity contribution in [2.45, 2.75) is 6.10 Å². The third-order valence-corrected chi connectivity index (χ3v) is 3.73. The van der Waals surface area contributed by atoms with Crippen LogP contribution in [-0.2, 0) is 9.47 Å². The van der Waals surface area contributed by atoms with Crippen LogP contribution in [0.1, 0.15) is 10.4 Å². The van der Waals surface area contributed by atoms with E-state index < -0.39 is 0 Å². The highest BCUT2D eigenvalue weighted by molar-refractivity contribution is 6.00. The third-order valence-electron chi connectivity index (χ3n) is 3.73. The van der Waals surface area contributed by atoms with Gasteiger partial charge in [-0.3, -0.25) is 4.79 Å². The van der Waals surface area contributed by atoms with Crippen LogP contribution in [0.25, 0.3) is 0 Å². The number of ether oxygens (including phenoxy) is 2. The van der Waals surface area contributed by atoms with Crippen molar-refractivity contribution >= 4 is 11.5 Å². The first-order valence-corrected chi connectivity index (χ1v) is 7.14. The van der Waals surface area contributed by atoms with Crippen LogP contribution in [0.3, 0.4) is 0 Å². The molecule has 20 heavy (non-hydrogen) atoms. The van der Waals surface area contributed by atoms with Gasteiger partial charge in [-0.2, -0.15) is 0 Å². The standard InChI is InChI=1S/C15H20N2O3/c18-15(14-11-16-4-7-20-14)12-2-1-3-13(10-12)17-5-8-19-9-6-17/h1-3,10,14,16H,4-9,11H2. The molecule has 2 saturated heterocycles. The lowest BCUT2D eigenvalue weighted by Crippen LogP contribution is -2.43. The lowest BCUT2D eigenvalue weighted by molar-refractivity contribution is 0.0269. The van der Waals surface area contributed by atoms with E-state index >= 15 is 0 Å². The zero-order chi connectivity index (χ0) is 13.8. The van der Waals surface area contributed by atoms with Crippen molar-refractivity contribution in [1.82, 2.24) is 5.32 Å². The number of carbonyl (C=O) groups excluding carboxylic acids is 1. The van der Waals surface area contributed by atoms with Crippen molar-refractivity contribution in [2.24, 2.45) is 0 Å². The highest BCUT2D eigenvalue weighted by Crippen LogP contribution is 2.19. The normalized spacial score (nSPS) is 23.6. The maximum Gasteiger partial charge on any atom is 0.192 e. The number of hydrogen-bond donors (Lipinski definition) is 1. The molecule has 5 nitrogen and oxygen atoms in total. The summed E-state index contributed by atoms with van der Waals surface area (Å²) in [5.41, 5.74) is 1.81. The molecule has 5 heteroatoms. The Morgan fingerprint density at radius 2 is 2.10 bits per heavy atom. The van der Waals surface area contributed by atoms with E-state index in [2.05, 4.69) is 10.2 Å². The smallest absolute Gasteiger partial charge is 0.192 e. The highest BCUT2D eigenvalue weighted by Gasteiger charge is 2.23. The summed E-state index contributed by atoms with van der Waals surface area (Å²) in [6.07, 6.45) is -0.358. The Morgan fingerprint density at radius 3 is 2.85 bits per heavy atom. The molecule has 1 aromatic carbocycles. The molecular formula is C15H20N2O3. The van der Waals surface area contributed by atoms with E-state index in [1.165, 1.54) is 0 Å². The van der Waals surface area contributed by atoms with E-state index in [-0.39, 0.29) is 11.9 Å². The Kier molecular flexibility index (Phi) is 4.30. The monoisotopic (exact) mass is 276 g/mol. The van der Waals surface area contributed by atoms with E-state index in [0.29, 0.717) is 13.2 Å². The molecule has 1 unspecified atom stereocenters. The molecule has 1 aromatic rings. The number of Topliss-reactive ketones (excluding diaryl/α,β-unsaturated/α-hetero) is 1. The van der Waals surface area contributed by atoms with E-state index in [1.807, 2.05) is 24.3 Å². The zero-order valence-electron chi connectivity index (χ0n) is 11.5. The minimum Gasteiger partial charge on any atom is -0.378 e. The molecular weight excluding hydrogens is 256 g/mol. The SMILES string of the molecule is O=C(c1cccc(N2CCOCC2)c1)C1CNCCO1. The molecule has 108 valence electrons. The van der Waals surface area contributed by atoms with E-state index in [0.717, 1.165) is 44.1 Å². The van der Waals surface area contributed by atoms with E-state index in [4.69, 9.17) is 9.47 Å². The van der Waals surface area contributed by atoms with E-state index in [1.54, 1.807) is 0 Å². The fourth-order valence-corrected chi connectivity index (χ4v) is 2.60. The first-order valence-electron chi connectivity index (χ1n) is 7.14. The molecule has 0 radical (unpaired) electrons. The molecule has 0 saturated carbocycles. The van der Waals surface area contributed by atoms with Gasteiger partial charge in [-0.1, -0.05) is 12.1 Å². The van der Waals surface area contributed by atoms with Crippen molar-refractivity contribution in [1.29, 1.82) is 0 Å². The fourth-order valence-electron chi connectivity index (χ4n) is 2.60. The second kappa shape index (κ2) is 6.35. The second-order valence-corrected chi connectivity index (χ2v) is 5.08. The fraction of sp³-hybridized carbons (Fsp3) is 0.533. The number of anilines is 1. The zero-order valence-corrected chi connectivity index (χ0v) is 11.5.